The summed E-state index contributed by atoms with van der Waals surface area (Å²) in [5.41, 5.74) is 1.07. The fourth-order valence-corrected chi connectivity index (χ4v) is 3.68. The van der Waals surface area contributed by atoms with E-state index in [4.69, 9.17) is 21.1 Å². The van der Waals surface area contributed by atoms with E-state index in [1.165, 1.54) is 30.0 Å². The summed E-state index contributed by atoms with van der Waals surface area (Å²) >= 11 is 7.19. The van der Waals surface area contributed by atoms with Crippen LogP contribution in [0, 0.1) is 17.0 Å². The number of benzene rings is 2. The van der Waals surface area contributed by atoms with Crippen molar-refractivity contribution < 1.29 is 19.2 Å². The Morgan fingerprint density at radius 1 is 1.21 bits per heavy atom. The van der Waals surface area contributed by atoms with E-state index >= 15 is 0 Å². The average Bonchev–Trinajstić information content (AvgIpc) is 3.12. The van der Waals surface area contributed by atoms with Crippen molar-refractivity contribution in [3.05, 3.63) is 62.9 Å². The zero-order chi connectivity index (χ0) is 24.0. The molecule has 1 amide bonds. The highest BCUT2D eigenvalue weighted by molar-refractivity contribution is 7.99. The van der Waals surface area contributed by atoms with E-state index in [2.05, 4.69) is 15.5 Å². The van der Waals surface area contributed by atoms with Crippen molar-refractivity contribution in [3.8, 4) is 11.5 Å². The number of nitro groups is 1. The predicted molar refractivity (Wildman–Crippen MR) is 125 cm³/mol. The van der Waals surface area contributed by atoms with Gasteiger partial charge in [-0.15, -0.1) is 10.2 Å². The number of non-ortho nitro benzene ring substituents is 1. The van der Waals surface area contributed by atoms with Crippen molar-refractivity contribution in [2.75, 3.05) is 17.7 Å². The fraction of sp³-hybridized carbons (Fsp3) is 0.286. The van der Waals surface area contributed by atoms with Gasteiger partial charge in [0.05, 0.1) is 28.0 Å². The highest BCUT2D eigenvalue weighted by Crippen LogP contribution is 2.29. The van der Waals surface area contributed by atoms with Crippen LogP contribution < -0.4 is 14.8 Å². The Hall–Kier alpha value is -3.31. The van der Waals surface area contributed by atoms with Gasteiger partial charge in [0.25, 0.3) is 5.69 Å². The monoisotopic (exact) mass is 491 g/mol. The molecule has 0 saturated carbocycles. The molecule has 0 fully saturated rings. The molecule has 0 radical (unpaired) electrons. The number of carbonyl (C=O) groups is 1. The first-order valence-corrected chi connectivity index (χ1v) is 11.3. The number of aromatic nitrogens is 3. The lowest BCUT2D eigenvalue weighted by Crippen LogP contribution is -2.15. The first-order chi connectivity index (χ1) is 15.8. The van der Waals surface area contributed by atoms with Gasteiger partial charge in [-0.2, -0.15) is 0 Å². The number of hydrogen-bond donors (Lipinski definition) is 1. The molecule has 0 bridgehead atoms. The van der Waals surface area contributed by atoms with Crippen LogP contribution in [0.2, 0.25) is 5.02 Å². The molecule has 33 heavy (non-hydrogen) atoms. The lowest BCUT2D eigenvalue weighted by atomic mass is 10.2. The summed E-state index contributed by atoms with van der Waals surface area (Å²) in [6, 6.07) is 9.53. The first-order valence-electron chi connectivity index (χ1n) is 9.89. The number of thioether (sulfide) groups is 1. The Bertz CT molecular complexity index is 1170. The molecule has 3 rings (SSSR count). The minimum Gasteiger partial charge on any atom is -0.490 e. The van der Waals surface area contributed by atoms with Crippen molar-refractivity contribution >= 4 is 40.6 Å². The molecule has 1 N–H and O–H groups in total. The van der Waals surface area contributed by atoms with Gasteiger partial charge >= 0.3 is 0 Å². The zero-order valence-electron chi connectivity index (χ0n) is 18.2. The van der Waals surface area contributed by atoms with E-state index in [-0.39, 0.29) is 34.7 Å². The molecule has 0 aliphatic carbocycles. The second-order valence-corrected chi connectivity index (χ2v) is 8.24. The van der Waals surface area contributed by atoms with Crippen LogP contribution in [-0.2, 0) is 18.4 Å². The maximum Gasteiger partial charge on any atom is 0.271 e. The standard InChI is InChI=1S/C21H22ClN5O5S/c1-4-31-18-9-13(2)5-8-17(18)32-11-19-24-25-21(26(19)3)33-12-20(28)23-16-10-14(27(29)30)6-7-15(16)22/h5-10H,4,11-12H2,1-3H3,(H,23,28). The maximum atomic E-state index is 12.3. The van der Waals surface area contributed by atoms with Crippen molar-refractivity contribution in [1.82, 2.24) is 14.8 Å². The Morgan fingerprint density at radius 3 is 2.73 bits per heavy atom. The highest BCUT2D eigenvalue weighted by Gasteiger charge is 2.15. The van der Waals surface area contributed by atoms with Gasteiger partial charge in [0, 0.05) is 19.2 Å². The van der Waals surface area contributed by atoms with Gasteiger partial charge in [-0.05, 0) is 37.6 Å². The quantitative estimate of drug-likeness (QED) is 0.251. The molecule has 3 aromatic rings. The number of nitro benzene ring substituents is 1. The molecule has 0 atom stereocenters. The number of ether oxygens (including phenoxy) is 2. The summed E-state index contributed by atoms with van der Waals surface area (Å²) in [6.45, 7) is 4.57. The molecule has 0 saturated heterocycles. The third-order valence-electron chi connectivity index (χ3n) is 4.45. The Kier molecular flexibility index (Phi) is 8.12. The van der Waals surface area contributed by atoms with E-state index < -0.39 is 4.92 Å². The fourth-order valence-electron chi connectivity index (χ4n) is 2.78. The average molecular weight is 492 g/mol. The number of nitrogens with one attached hydrogen (secondary N) is 1. The topological polar surface area (TPSA) is 121 Å². The number of aryl methyl sites for hydroxylation is 1. The van der Waals surface area contributed by atoms with Crippen LogP contribution in [0.15, 0.2) is 41.6 Å². The molecule has 0 aliphatic rings. The molecule has 0 aliphatic heterocycles. The van der Waals surface area contributed by atoms with Gasteiger partial charge in [0.2, 0.25) is 5.91 Å². The molecular weight excluding hydrogens is 470 g/mol. The molecule has 174 valence electrons. The van der Waals surface area contributed by atoms with Crippen molar-refractivity contribution in [2.24, 2.45) is 7.05 Å². The van der Waals surface area contributed by atoms with E-state index in [0.29, 0.717) is 29.1 Å². The lowest BCUT2D eigenvalue weighted by molar-refractivity contribution is -0.384. The van der Waals surface area contributed by atoms with Crippen LogP contribution in [0.3, 0.4) is 0 Å². The van der Waals surface area contributed by atoms with Crippen LogP contribution >= 0.6 is 23.4 Å². The summed E-state index contributed by atoms with van der Waals surface area (Å²) in [4.78, 5) is 22.7. The third-order valence-corrected chi connectivity index (χ3v) is 5.80. The van der Waals surface area contributed by atoms with Crippen LogP contribution in [0.4, 0.5) is 11.4 Å². The Balaban J connectivity index is 1.59. The summed E-state index contributed by atoms with van der Waals surface area (Å²) in [5, 5.41) is 22.5. The lowest BCUT2D eigenvalue weighted by Gasteiger charge is -2.12. The molecule has 1 aromatic heterocycles. The van der Waals surface area contributed by atoms with Gasteiger partial charge in [-0.3, -0.25) is 14.9 Å². The third kappa shape index (κ3) is 6.36. The Labute approximate surface area is 199 Å². The molecule has 10 nitrogen and oxygen atoms in total. The SMILES string of the molecule is CCOc1cc(C)ccc1OCc1nnc(SCC(=O)Nc2cc([N+](=O)[O-])ccc2Cl)n1C. The summed E-state index contributed by atoms with van der Waals surface area (Å²) in [5.74, 6) is 1.46. The van der Waals surface area contributed by atoms with Gasteiger partial charge in [0.15, 0.2) is 22.5 Å². The second-order valence-electron chi connectivity index (χ2n) is 6.89. The molecule has 0 unspecified atom stereocenters. The van der Waals surface area contributed by atoms with Gasteiger partial charge < -0.3 is 19.4 Å². The molecular formula is C21H22ClN5O5S. The van der Waals surface area contributed by atoms with Crippen molar-refractivity contribution in [3.63, 3.8) is 0 Å². The number of nitrogens with zero attached hydrogens (tertiary/aromatic N) is 4. The largest absolute Gasteiger partial charge is 0.490 e. The molecule has 1 heterocycles. The molecule has 12 heteroatoms. The number of amides is 1. The predicted octanol–water partition coefficient (Wildman–Crippen LogP) is 4.39. The van der Waals surface area contributed by atoms with E-state index in [1.54, 1.807) is 11.6 Å². The normalized spacial score (nSPS) is 10.7. The van der Waals surface area contributed by atoms with Crippen LogP contribution in [0.1, 0.15) is 18.3 Å². The highest BCUT2D eigenvalue weighted by atomic mass is 35.5. The van der Waals surface area contributed by atoms with Crippen molar-refractivity contribution in [2.45, 2.75) is 25.6 Å². The number of carbonyl (C=O) groups excluding carboxylic acids is 1. The molecule has 2 aromatic carbocycles. The van der Waals surface area contributed by atoms with Gasteiger partial charge in [-0.25, -0.2) is 0 Å². The van der Waals surface area contributed by atoms with Crippen LogP contribution in [0.5, 0.6) is 11.5 Å². The summed E-state index contributed by atoms with van der Waals surface area (Å²) in [7, 11) is 1.77. The summed E-state index contributed by atoms with van der Waals surface area (Å²) in [6.07, 6.45) is 0. The Morgan fingerprint density at radius 2 is 2.00 bits per heavy atom. The van der Waals surface area contributed by atoms with Crippen LogP contribution in [-0.4, -0.2) is 38.0 Å². The van der Waals surface area contributed by atoms with Gasteiger partial charge in [0.1, 0.15) is 6.61 Å². The number of hydrogen-bond acceptors (Lipinski definition) is 8. The van der Waals surface area contributed by atoms with Gasteiger partial charge in [-0.1, -0.05) is 29.4 Å². The molecule has 0 spiro atoms. The van der Waals surface area contributed by atoms with E-state index in [9.17, 15) is 14.9 Å². The second kappa shape index (κ2) is 11.0. The number of rotatable bonds is 10. The smallest absolute Gasteiger partial charge is 0.271 e. The number of anilines is 1. The zero-order valence-corrected chi connectivity index (χ0v) is 19.8. The maximum absolute atomic E-state index is 12.3. The minimum atomic E-state index is -0.558. The van der Waals surface area contributed by atoms with Crippen molar-refractivity contribution in [1.29, 1.82) is 0 Å². The van der Waals surface area contributed by atoms with E-state index in [1.807, 2.05) is 32.0 Å². The summed E-state index contributed by atoms with van der Waals surface area (Å²) < 4.78 is 13.2. The van der Waals surface area contributed by atoms with E-state index in [0.717, 1.165) is 5.56 Å². The first kappa shape index (κ1) is 24.3. The minimum absolute atomic E-state index is 0.0122. The number of halogens is 1. The van der Waals surface area contributed by atoms with Crippen LogP contribution in [0.25, 0.3) is 0 Å².